The highest BCUT2D eigenvalue weighted by molar-refractivity contribution is 5.96. The summed E-state index contributed by atoms with van der Waals surface area (Å²) in [5, 5.41) is 3.86. The molecule has 23 heavy (non-hydrogen) atoms. The predicted octanol–water partition coefficient (Wildman–Crippen LogP) is 1.84. The van der Waals surface area contributed by atoms with Crippen LogP contribution in [0.2, 0.25) is 0 Å². The summed E-state index contributed by atoms with van der Waals surface area (Å²) in [7, 11) is 0. The smallest absolute Gasteiger partial charge is 0.258 e. The molecule has 6 nitrogen and oxygen atoms in total. The Bertz CT molecular complexity index is 917. The summed E-state index contributed by atoms with van der Waals surface area (Å²) in [5.74, 6) is 0.277. The number of benzene rings is 1. The van der Waals surface area contributed by atoms with Gasteiger partial charge in [0.05, 0.1) is 5.69 Å². The van der Waals surface area contributed by atoms with E-state index >= 15 is 0 Å². The van der Waals surface area contributed by atoms with Gasteiger partial charge in [-0.3, -0.25) is 9.20 Å². The number of oxime groups is 1. The van der Waals surface area contributed by atoms with Gasteiger partial charge in [-0.2, -0.15) is 0 Å². The van der Waals surface area contributed by atoms with Crippen LogP contribution in [-0.4, -0.2) is 15.2 Å². The van der Waals surface area contributed by atoms with E-state index in [1.165, 1.54) is 10.5 Å². The first-order valence-electron chi connectivity index (χ1n) is 7.13. The van der Waals surface area contributed by atoms with Gasteiger partial charge >= 0.3 is 0 Å². The van der Waals surface area contributed by atoms with Gasteiger partial charge in [-0.1, -0.05) is 35.5 Å². The van der Waals surface area contributed by atoms with Crippen molar-refractivity contribution >= 4 is 11.5 Å². The van der Waals surface area contributed by atoms with Crippen LogP contribution in [-0.2, 0) is 11.4 Å². The fourth-order valence-corrected chi connectivity index (χ4v) is 2.16. The number of rotatable bonds is 4. The SMILES string of the molecule is Cc1ccn2c(=O)cc(CON=C(N)c3ccccc3)nc2c1. The van der Waals surface area contributed by atoms with Gasteiger partial charge in [0.15, 0.2) is 12.4 Å². The number of aryl methyl sites for hydroxylation is 1. The molecule has 0 saturated heterocycles. The quantitative estimate of drug-likeness (QED) is 0.453. The molecule has 0 atom stereocenters. The lowest BCUT2D eigenvalue weighted by molar-refractivity contribution is 0.127. The van der Waals surface area contributed by atoms with Crippen molar-refractivity contribution in [3.8, 4) is 0 Å². The number of hydrogen-bond donors (Lipinski definition) is 1. The van der Waals surface area contributed by atoms with Crippen LogP contribution in [0, 0.1) is 6.92 Å². The zero-order chi connectivity index (χ0) is 16.2. The van der Waals surface area contributed by atoms with E-state index in [0.717, 1.165) is 11.1 Å². The number of hydrogen-bond acceptors (Lipinski definition) is 4. The van der Waals surface area contributed by atoms with Crippen LogP contribution < -0.4 is 11.3 Å². The number of pyridine rings is 1. The normalized spacial score (nSPS) is 11.6. The van der Waals surface area contributed by atoms with Gasteiger partial charge in [0.25, 0.3) is 5.56 Å². The van der Waals surface area contributed by atoms with Gasteiger partial charge in [-0.25, -0.2) is 4.98 Å². The van der Waals surface area contributed by atoms with Gasteiger partial charge in [0.2, 0.25) is 0 Å². The second kappa shape index (κ2) is 6.31. The number of aromatic nitrogens is 2. The molecule has 0 bridgehead atoms. The molecular formula is C17H16N4O2. The summed E-state index contributed by atoms with van der Waals surface area (Å²) >= 11 is 0. The highest BCUT2D eigenvalue weighted by Crippen LogP contribution is 2.04. The number of nitrogens with two attached hydrogens (primary N) is 1. The van der Waals surface area contributed by atoms with Crippen molar-refractivity contribution in [2.45, 2.75) is 13.5 Å². The number of nitrogens with zero attached hydrogens (tertiary/aromatic N) is 3. The summed E-state index contributed by atoms with van der Waals surface area (Å²) in [6, 6.07) is 14.4. The van der Waals surface area contributed by atoms with Gasteiger partial charge in [-0.15, -0.1) is 0 Å². The van der Waals surface area contributed by atoms with E-state index < -0.39 is 0 Å². The molecule has 0 aliphatic rings. The Balaban J connectivity index is 1.78. The maximum atomic E-state index is 12.0. The average molecular weight is 308 g/mol. The van der Waals surface area contributed by atoms with Gasteiger partial charge in [0, 0.05) is 17.8 Å². The Morgan fingerprint density at radius 1 is 1.26 bits per heavy atom. The molecule has 3 aromatic rings. The van der Waals surface area contributed by atoms with Crippen molar-refractivity contribution < 1.29 is 4.84 Å². The maximum absolute atomic E-state index is 12.0. The molecule has 0 saturated carbocycles. The van der Waals surface area contributed by atoms with Crippen molar-refractivity contribution in [2.24, 2.45) is 10.9 Å². The summed E-state index contributed by atoms with van der Waals surface area (Å²) < 4.78 is 1.48. The third-order valence-corrected chi connectivity index (χ3v) is 3.32. The van der Waals surface area contributed by atoms with Crippen molar-refractivity contribution in [1.82, 2.24) is 9.38 Å². The number of fused-ring (bicyclic) bond motifs is 1. The monoisotopic (exact) mass is 308 g/mol. The molecule has 0 unspecified atom stereocenters. The average Bonchev–Trinajstić information content (AvgIpc) is 2.55. The molecule has 0 aliphatic carbocycles. The van der Waals surface area contributed by atoms with Crippen molar-refractivity contribution in [3.63, 3.8) is 0 Å². The topological polar surface area (TPSA) is 82.0 Å². The van der Waals surface area contributed by atoms with E-state index in [2.05, 4.69) is 10.1 Å². The van der Waals surface area contributed by atoms with E-state index in [9.17, 15) is 4.79 Å². The first-order chi connectivity index (χ1) is 11.1. The lowest BCUT2D eigenvalue weighted by Crippen LogP contribution is -2.16. The van der Waals surface area contributed by atoms with Crippen molar-refractivity contribution in [2.75, 3.05) is 0 Å². The van der Waals surface area contributed by atoms with E-state index in [1.807, 2.05) is 49.4 Å². The minimum Gasteiger partial charge on any atom is -0.388 e. The molecule has 3 rings (SSSR count). The lowest BCUT2D eigenvalue weighted by Gasteiger charge is -2.05. The predicted molar refractivity (Wildman–Crippen MR) is 88.2 cm³/mol. The first-order valence-corrected chi connectivity index (χ1v) is 7.13. The van der Waals surface area contributed by atoms with Gasteiger partial charge in [-0.05, 0) is 24.6 Å². The third-order valence-electron chi connectivity index (χ3n) is 3.32. The maximum Gasteiger partial charge on any atom is 0.258 e. The fraction of sp³-hybridized carbons (Fsp3) is 0.118. The molecule has 2 N–H and O–H groups in total. The van der Waals surface area contributed by atoms with E-state index in [4.69, 9.17) is 10.6 Å². The molecule has 0 radical (unpaired) electrons. The standard InChI is InChI=1S/C17H16N4O2/c1-12-7-8-21-15(9-12)19-14(10-16(21)22)11-23-20-17(18)13-5-3-2-4-6-13/h2-10H,11H2,1H3,(H2,18,20). The molecule has 0 aliphatic heterocycles. The summed E-state index contributed by atoms with van der Waals surface area (Å²) in [5.41, 5.74) is 8.57. The molecule has 1 aromatic carbocycles. The van der Waals surface area contributed by atoms with Crippen LogP contribution >= 0.6 is 0 Å². The summed E-state index contributed by atoms with van der Waals surface area (Å²) in [6.07, 6.45) is 1.70. The van der Waals surface area contributed by atoms with Crippen LogP contribution in [0.5, 0.6) is 0 Å². The number of amidine groups is 1. The minimum absolute atomic E-state index is 0.0766. The Morgan fingerprint density at radius 3 is 2.83 bits per heavy atom. The van der Waals surface area contributed by atoms with E-state index in [-0.39, 0.29) is 18.0 Å². The van der Waals surface area contributed by atoms with Crippen molar-refractivity contribution in [1.29, 1.82) is 0 Å². The Kier molecular flexibility index (Phi) is 4.05. The van der Waals surface area contributed by atoms with Gasteiger partial charge < -0.3 is 10.6 Å². The molecule has 0 amide bonds. The van der Waals surface area contributed by atoms with Crippen LogP contribution in [0.3, 0.4) is 0 Å². The van der Waals surface area contributed by atoms with E-state index in [1.54, 1.807) is 6.20 Å². The second-order valence-electron chi connectivity index (χ2n) is 5.13. The van der Waals surface area contributed by atoms with Crippen LogP contribution in [0.25, 0.3) is 5.65 Å². The van der Waals surface area contributed by atoms with Gasteiger partial charge in [0.1, 0.15) is 5.65 Å². The summed E-state index contributed by atoms with van der Waals surface area (Å²) in [4.78, 5) is 21.7. The third kappa shape index (κ3) is 3.37. The van der Waals surface area contributed by atoms with Crippen molar-refractivity contribution in [3.05, 3.63) is 81.9 Å². The first kappa shape index (κ1) is 14.8. The second-order valence-corrected chi connectivity index (χ2v) is 5.13. The molecule has 6 heteroatoms. The van der Waals surface area contributed by atoms with E-state index in [0.29, 0.717) is 11.3 Å². The largest absolute Gasteiger partial charge is 0.388 e. The zero-order valence-corrected chi connectivity index (χ0v) is 12.6. The highest BCUT2D eigenvalue weighted by Gasteiger charge is 2.04. The Morgan fingerprint density at radius 2 is 2.04 bits per heavy atom. The van der Waals surface area contributed by atoms with Crippen LogP contribution in [0.4, 0.5) is 0 Å². The minimum atomic E-state index is -0.159. The molecular weight excluding hydrogens is 292 g/mol. The molecule has 0 spiro atoms. The molecule has 0 fully saturated rings. The summed E-state index contributed by atoms with van der Waals surface area (Å²) in [6.45, 7) is 2.02. The lowest BCUT2D eigenvalue weighted by atomic mass is 10.2. The fourth-order valence-electron chi connectivity index (χ4n) is 2.16. The molecule has 116 valence electrons. The Hall–Kier alpha value is -3.15. The zero-order valence-electron chi connectivity index (χ0n) is 12.6. The molecule has 2 aromatic heterocycles. The molecule has 2 heterocycles. The highest BCUT2D eigenvalue weighted by atomic mass is 16.6. The van der Waals surface area contributed by atoms with Crippen LogP contribution in [0.1, 0.15) is 16.8 Å². The van der Waals surface area contributed by atoms with Crippen LogP contribution in [0.15, 0.2) is 64.7 Å². The Labute approximate surface area is 132 Å².